The van der Waals surface area contributed by atoms with E-state index in [2.05, 4.69) is 5.32 Å². The summed E-state index contributed by atoms with van der Waals surface area (Å²) in [6.45, 7) is 7.03. The van der Waals surface area contributed by atoms with Crippen molar-refractivity contribution in [1.82, 2.24) is 15.1 Å². The van der Waals surface area contributed by atoms with E-state index in [0.717, 1.165) is 5.56 Å². The Balaban J connectivity index is 3.24. The van der Waals surface area contributed by atoms with Crippen LogP contribution < -0.4 is 5.32 Å². The predicted molar refractivity (Wildman–Crippen MR) is 169 cm³/mol. The monoisotopic (exact) mass is 621 g/mol. The summed E-state index contributed by atoms with van der Waals surface area (Å²) in [7, 11) is 4.68. The maximum absolute atomic E-state index is 14.2. The molecule has 1 rings (SSSR count). The summed E-state index contributed by atoms with van der Waals surface area (Å²) in [6, 6.07) is 7.07. The van der Waals surface area contributed by atoms with Crippen molar-refractivity contribution in [1.29, 1.82) is 0 Å². The SMILES string of the molecule is CN[C@@H](C)C(=O)N(C)[C@H](C(=O)N(C)[C@H](C(=O)CC(O)C(=O)O)[C@@H](C)CCCC(O)Cc1ccccc1)[C@@H](C)CCCC(C)O. The second kappa shape index (κ2) is 19.5. The number of hydrogen-bond acceptors (Lipinski definition) is 8. The number of ketones is 1. The third kappa shape index (κ3) is 12.6. The minimum atomic E-state index is -1.91. The van der Waals surface area contributed by atoms with Crippen LogP contribution in [0.25, 0.3) is 0 Å². The zero-order valence-electron chi connectivity index (χ0n) is 27.5. The van der Waals surface area contributed by atoms with Gasteiger partial charge >= 0.3 is 5.97 Å². The highest BCUT2D eigenvalue weighted by Crippen LogP contribution is 2.26. The molecule has 1 aromatic carbocycles. The van der Waals surface area contributed by atoms with E-state index in [0.29, 0.717) is 44.9 Å². The standard InChI is InChI=1S/C33H55N3O8/c1-21(14-12-18-26(38)19-25-16-9-8-10-17-25)29(27(39)20-28(40)33(43)44)35(6)32(42)30(22(2)13-11-15-23(3)37)36(7)31(41)24(4)34-5/h8-10,16-17,21-24,26,28-30,34,37-38,40H,11-15,18-20H2,1-7H3,(H,43,44)/t21-,22-,23?,24-,26?,28?,29-,30-/m0/s1. The first kappa shape index (κ1) is 39.2. The number of aliphatic carboxylic acids is 1. The van der Waals surface area contributed by atoms with Crippen molar-refractivity contribution in [2.75, 3.05) is 21.1 Å². The number of aliphatic hydroxyl groups is 3. The van der Waals surface area contributed by atoms with Crippen molar-refractivity contribution in [3.63, 3.8) is 0 Å². The molecule has 0 aliphatic heterocycles. The Hall–Kier alpha value is -2.86. The number of carboxylic acids is 1. The first-order chi connectivity index (χ1) is 20.6. The molecule has 11 nitrogen and oxygen atoms in total. The lowest BCUT2D eigenvalue weighted by molar-refractivity contribution is -0.153. The molecule has 3 unspecified atom stereocenters. The number of likely N-dealkylation sites (N-methyl/N-ethyl adjacent to an activating group) is 3. The molecule has 250 valence electrons. The average Bonchev–Trinajstić information content (AvgIpc) is 2.96. The second-order valence-electron chi connectivity index (χ2n) is 12.3. The summed E-state index contributed by atoms with van der Waals surface area (Å²) < 4.78 is 0. The summed E-state index contributed by atoms with van der Waals surface area (Å²) in [6.07, 6.45) is 0.0125. The van der Waals surface area contributed by atoms with Gasteiger partial charge in [-0.25, -0.2) is 4.79 Å². The number of carbonyl (C=O) groups is 4. The fraction of sp³-hybridized carbons (Fsp3) is 0.697. The number of amides is 2. The highest BCUT2D eigenvalue weighted by molar-refractivity contribution is 5.95. The van der Waals surface area contributed by atoms with Crippen LogP contribution in [0.2, 0.25) is 0 Å². The summed E-state index contributed by atoms with van der Waals surface area (Å²) >= 11 is 0. The van der Waals surface area contributed by atoms with Crippen LogP contribution in [0.3, 0.4) is 0 Å². The fourth-order valence-electron chi connectivity index (χ4n) is 5.73. The van der Waals surface area contributed by atoms with Crippen LogP contribution in [0.5, 0.6) is 0 Å². The summed E-state index contributed by atoms with van der Waals surface area (Å²) in [4.78, 5) is 54.9. The Bertz CT molecular complexity index is 1040. The van der Waals surface area contributed by atoms with Crippen molar-refractivity contribution in [3.05, 3.63) is 35.9 Å². The molecule has 0 heterocycles. The molecule has 0 saturated heterocycles. The normalized spacial score (nSPS) is 17.0. The van der Waals surface area contributed by atoms with Gasteiger partial charge in [0.25, 0.3) is 0 Å². The number of hydrogen-bond donors (Lipinski definition) is 5. The van der Waals surface area contributed by atoms with Gasteiger partial charge in [-0.2, -0.15) is 0 Å². The number of benzene rings is 1. The van der Waals surface area contributed by atoms with Gasteiger partial charge in [-0.3, -0.25) is 14.4 Å². The molecular formula is C33H55N3O8. The first-order valence-electron chi connectivity index (χ1n) is 15.7. The molecule has 0 bridgehead atoms. The third-order valence-corrected chi connectivity index (χ3v) is 8.47. The molecule has 0 aliphatic carbocycles. The van der Waals surface area contributed by atoms with E-state index in [9.17, 15) is 39.6 Å². The van der Waals surface area contributed by atoms with Gasteiger partial charge in [0.1, 0.15) is 6.04 Å². The molecule has 0 aromatic heterocycles. The van der Waals surface area contributed by atoms with Crippen molar-refractivity contribution in [2.45, 2.75) is 115 Å². The molecule has 8 atom stereocenters. The van der Waals surface area contributed by atoms with Crippen LogP contribution in [0, 0.1) is 11.8 Å². The minimum Gasteiger partial charge on any atom is -0.479 e. The Kier molecular flexibility index (Phi) is 17.4. The van der Waals surface area contributed by atoms with E-state index in [1.54, 1.807) is 34.9 Å². The van der Waals surface area contributed by atoms with Gasteiger partial charge in [-0.05, 0) is 70.4 Å². The molecule has 44 heavy (non-hydrogen) atoms. The molecule has 11 heteroatoms. The molecule has 0 saturated carbocycles. The van der Waals surface area contributed by atoms with E-state index in [4.69, 9.17) is 0 Å². The van der Waals surface area contributed by atoms with Crippen LogP contribution in [-0.4, -0.2) is 111 Å². The Morgan fingerprint density at radius 2 is 1.30 bits per heavy atom. The largest absolute Gasteiger partial charge is 0.479 e. The molecule has 2 amide bonds. The van der Waals surface area contributed by atoms with Gasteiger partial charge < -0.3 is 35.5 Å². The van der Waals surface area contributed by atoms with Gasteiger partial charge in [-0.1, -0.05) is 57.0 Å². The van der Waals surface area contributed by atoms with E-state index >= 15 is 0 Å². The highest BCUT2D eigenvalue weighted by Gasteiger charge is 2.40. The van der Waals surface area contributed by atoms with E-state index in [-0.39, 0.29) is 11.8 Å². The zero-order chi connectivity index (χ0) is 33.6. The smallest absolute Gasteiger partial charge is 0.332 e. The summed E-state index contributed by atoms with van der Waals surface area (Å²) in [5.41, 5.74) is 1.01. The quantitative estimate of drug-likeness (QED) is 0.138. The number of rotatable bonds is 21. The Labute approximate surface area is 262 Å². The Morgan fingerprint density at radius 1 is 0.773 bits per heavy atom. The van der Waals surface area contributed by atoms with Gasteiger partial charge in [0.2, 0.25) is 11.8 Å². The molecule has 0 fully saturated rings. The summed E-state index contributed by atoms with van der Waals surface area (Å²) in [5.74, 6) is -3.63. The van der Waals surface area contributed by atoms with Crippen molar-refractivity contribution >= 4 is 23.6 Å². The zero-order valence-corrected chi connectivity index (χ0v) is 27.5. The van der Waals surface area contributed by atoms with Crippen LogP contribution >= 0.6 is 0 Å². The number of carbonyl (C=O) groups excluding carboxylic acids is 3. The highest BCUT2D eigenvalue weighted by atomic mass is 16.4. The van der Waals surface area contributed by atoms with Gasteiger partial charge in [0.05, 0.1) is 24.3 Å². The molecule has 0 radical (unpaired) electrons. The van der Waals surface area contributed by atoms with E-state index < -0.39 is 66.4 Å². The molecule has 0 spiro atoms. The average molecular weight is 622 g/mol. The van der Waals surface area contributed by atoms with Gasteiger partial charge in [0, 0.05) is 20.5 Å². The van der Waals surface area contributed by atoms with Gasteiger partial charge in [-0.15, -0.1) is 0 Å². The maximum Gasteiger partial charge on any atom is 0.332 e. The number of nitrogens with zero attached hydrogens (tertiary/aromatic N) is 2. The number of carboxylic acid groups (broad SMARTS) is 1. The second-order valence-corrected chi connectivity index (χ2v) is 12.3. The van der Waals surface area contributed by atoms with Crippen LogP contribution in [0.1, 0.15) is 78.2 Å². The topological polar surface area (TPSA) is 168 Å². The summed E-state index contributed by atoms with van der Waals surface area (Å²) in [5, 5.41) is 42.4. The van der Waals surface area contributed by atoms with E-state index in [1.165, 1.54) is 16.8 Å². The predicted octanol–water partition coefficient (Wildman–Crippen LogP) is 2.25. The fourth-order valence-corrected chi connectivity index (χ4v) is 5.73. The third-order valence-electron chi connectivity index (χ3n) is 8.47. The van der Waals surface area contributed by atoms with Crippen molar-refractivity contribution in [3.8, 4) is 0 Å². The molecular weight excluding hydrogens is 566 g/mol. The molecule has 5 N–H and O–H groups in total. The lowest BCUT2D eigenvalue weighted by atomic mass is 9.87. The Morgan fingerprint density at radius 3 is 1.82 bits per heavy atom. The van der Waals surface area contributed by atoms with Crippen LogP contribution in [-0.2, 0) is 25.6 Å². The van der Waals surface area contributed by atoms with Crippen LogP contribution in [0.15, 0.2) is 30.3 Å². The minimum absolute atomic E-state index is 0.300. The molecule has 1 aromatic rings. The maximum atomic E-state index is 14.2. The lowest BCUT2D eigenvalue weighted by Crippen LogP contribution is -2.58. The number of nitrogens with one attached hydrogen (secondary N) is 1. The lowest BCUT2D eigenvalue weighted by Gasteiger charge is -2.39. The number of aliphatic hydroxyl groups excluding tert-OH is 3. The van der Waals surface area contributed by atoms with Crippen molar-refractivity contribution < 1.29 is 39.6 Å². The van der Waals surface area contributed by atoms with E-state index in [1.807, 2.05) is 37.3 Å². The van der Waals surface area contributed by atoms with Gasteiger partial charge in [0.15, 0.2) is 11.9 Å². The van der Waals surface area contributed by atoms with Crippen LogP contribution in [0.4, 0.5) is 0 Å². The molecule has 0 aliphatic rings. The first-order valence-corrected chi connectivity index (χ1v) is 15.7. The van der Waals surface area contributed by atoms with Crippen molar-refractivity contribution in [2.24, 2.45) is 11.8 Å². The number of Topliss-reactive ketones (excluding diaryl/α,β-unsaturated/α-hetero) is 1.